The Morgan fingerprint density at radius 3 is 2.18 bits per heavy atom. The Kier molecular flexibility index (Phi) is 12.1. The van der Waals surface area contributed by atoms with Crippen LogP contribution < -0.4 is 5.32 Å². The average molecular weight is 678 g/mol. The molecule has 2 fully saturated rings. The number of amides is 1. The number of aliphatic hydroxyl groups excluding tert-OH is 1. The molecule has 2 N–H and O–H groups in total. The highest BCUT2D eigenvalue weighted by Gasteiger charge is 2.34. The third-order valence-electron chi connectivity index (χ3n) is 9.41. The number of rotatable bonds is 12. The summed E-state index contributed by atoms with van der Waals surface area (Å²) in [6, 6.07) is 34.9. The van der Waals surface area contributed by atoms with E-state index in [1.165, 1.54) is 12.5 Å². The van der Waals surface area contributed by atoms with Gasteiger partial charge in [-0.15, -0.1) is 0 Å². The Morgan fingerprint density at radius 1 is 0.800 bits per heavy atom. The first kappa shape index (κ1) is 35.4. The number of nitrogens with zero attached hydrogens (tertiary/aromatic N) is 2. The highest BCUT2D eigenvalue weighted by molar-refractivity contribution is 5.82. The Bertz CT molecular complexity index is 1690. The molecule has 9 heteroatoms. The second-order valence-electron chi connectivity index (χ2n) is 13.2. The summed E-state index contributed by atoms with van der Waals surface area (Å²) in [6.45, 7) is 9.03. The van der Waals surface area contributed by atoms with Gasteiger partial charge in [-0.05, 0) is 46.4 Å². The highest BCUT2D eigenvalue weighted by atomic mass is 16.7. The number of nitrogens with one attached hydrogen (secondary N) is 1. The van der Waals surface area contributed by atoms with Crippen molar-refractivity contribution >= 4 is 11.9 Å². The molecule has 0 radical (unpaired) electrons. The van der Waals surface area contributed by atoms with Crippen molar-refractivity contribution in [3.05, 3.63) is 131 Å². The number of piperazine rings is 1. The van der Waals surface area contributed by atoms with Gasteiger partial charge in [0.15, 0.2) is 12.4 Å². The molecular formula is C41H47N3O6. The molecule has 1 amide bonds. The minimum atomic E-state index is -0.846. The van der Waals surface area contributed by atoms with Crippen molar-refractivity contribution in [1.29, 1.82) is 0 Å². The molecule has 2 heterocycles. The number of aliphatic hydroxyl groups is 1. The molecule has 50 heavy (non-hydrogen) atoms. The summed E-state index contributed by atoms with van der Waals surface area (Å²) >= 11 is 0. The van der Waals surface area contributed by atoms with Crippen LogP contribution in [0.4, 0.5) is 0 Å². The van der Waals surface area contributed by atoms with Crippen LogP contribution in [0.3, 0.4) is 0 Å². The Balaban J connectivity index is 1.11. The van der Waals surface area contributed by atoms with Gasteiger partial charge in [-0.1, -0.05) is 97.1 Å². The van der Waals surface area contributed by atoms with E-state index in [1.54, 1.807) is 6.92 Å². The minimum Gasteiger partial charge on any atom is -0.453 e. The zero-order valence-electron chi connectivity index (χ0n) is 28.9. The number of carbonyl (C=O) groups is 2. The molecule has 0 spiro atoms. The number of esters is 1. The molecule has 262 valence electrons. The summed E-state index contributed by atoms with van der Waals surface area (Å²) in [4.78, 5) is 28.5. The van der Waals surface area contributed by atoms with Crippen molar-refractivity contribution in [2.45, 2.75) is 64.6 Å². The predicted molar refractivity (Wildman–Crippen MR) is 192 cm³/mol. The summed E-state index contributed by atoms with van der Waals surface area (Å²) in [5, 5.41) is 12.4. The third-order valence-corrected chi connectivity index (χ3v) is 9.41. The number of carbonyl (C=O) groups excluding carboxylic acids is 2. The second-order valence-corrected chi connectivity index (χ2v) is 13.2. The number of benzene rings is 4. The lowest BCUT2D eigenvalue weighted by Gasteiger charge is -2.40. The van der Waals surface area contributed by atoms with Crippen LogP contribution in [0.1, 0.15) is 60.5 Å². The number of hydrogen-bond acceptors (Lipinski definition) is 8. The molecule has 4 unspecified atom stereocenters. The standard InChI is InChI=1S/C41H47N3O6/c1-29(48-30(2)46)40(47)42-25-33-9-6-10-37(23-33)34-15-17-36(18-16-34)41-49-38(24-39(50-41)35-13-11-32(28-45)12-14-35)27-44-21-19-43(20-22-44)26-31-7-4-3-5-8-31/h3-18,23,29,38-39,41,45H,19-22,24-28H2,1-2H3,(H,42,47). The van der Waals surface area contributed by atoms with Gasteiger partial charge in [-0.2, -0.15) is 0 Å². The van der Waals surface area contributed by atoms with Gasteiger partial charge in [0.25, 0.3) is 5.91 Å². The van der Waals surface area contributed by atoms with Crippen molar-refractivity contribution in [2.24, 2.45) is 0 Å². The van der Waals surface area contributed by atoms with E-state index in [4.69, 9.17) is 14.2 Å². The van der Waals surface area contributed by atoms with Gasteiger partial charge >= 0.3 is 5.97 Å². The number of ether oxygens (including phenoxy) is 3. The van der Waals surface area contributed by atoms with Crippen LogP contribution in [0.5, 0.6) is 0 Å². The summed E-state index contributed by atoms with van der Waals surface area (Å²) in [5.74, 6) is -0.827. The smallest absolute Gasteiger partial charge is 0.303 e. The van der Waals surface area contributed by atoms with E-state index in [0.717, 1.165) is 79.1 Å². The topological polar surface area (TPSA) is 101 Å². The quantitative estimate of drug-likeness (QED) is 0.182. The fraction of sp³-hybridized carbons (Fsp3) is 0.366. The largest absolute Gasteiger partial charge is 0.453 e. The Labute approximate surface area is 294 Å². The van der Waals surface area contributed by atoms with Crippen molar-refractivity contribution in [1.82, 2.24) is 15.1 Å². The molecular weight excluding hydrogens is 630 g/mol. The van der Waals surface area contributed by atoms with Gasteiger partial charge in [0.2, 0.25) is 0 Å². The maximum atomic E-state index is 12.3. The average Bonchev–Trinajstić information content (AvgIpc) is 3.15. The van der Waals surface area contributed by atoms with Gasteiger partial charge in [-0.3, -0.25) is 19.4 Å². The van der Waals surface area contributed by atoms with Crippen LogP contribution in [-0.4, -0.2) is 71.7 Å². The normalized spacial score (nSPS) is 20.6. The van der Waals surface area contributed by atoms with E-state index in [2.05, 4.69) is 69.7 Å². The first-order valence-electron chi connectivity index (χ1n) is 17.5. The third kappa shape index (κ3) is 9.65. The van der Waals surface area contributed by atoms with E-state index in [-0.39, 0.29) is 24.7 Å². The van der Waals surface area contributed by atoms with Crippen LogP contribution in [0.2, 0.25) is 0 Å². The molecule has 4 aromatic rings. The molecule has 2 saturated heterocycles. The van der Waals surface area contributed by atoms with Crippen molar-refractivity contribution in [3.63, 3.8) is 0 Å². The van der Waals surface area contributed by atoms with Crippen molar-refractivity contribution in [2.75, 3.05) is 32.7 Å². The molecule has 0 bridgehead atoms. The van der Waals surface area contributed by atoms with Crippen LogP contribution in [0.15, 0.2) is 103 Å². The lowest BCUT2D eigenvalue weighted by atomic mass is 9.98. The maximum Gasteiger partial charge on any atom is 0.303 e. The zero-order chi connectivity index (χ0) is 34.9. The van der Waals surface area contributed by atoms with Gasteiger partial charge in [-0.25, -0.2) is 0 Å². The van der Waals surface area contributed by atoms with E-state index in [1.807, 2.05) is 48.5 Å². The fourth-order valence-corrected chi connectivity index (χ4v) is 6.62. The van der Waals surface area contributed by atoms with E-state index in [0.29, 0.717) is 6.54 Å². The monoisotopic (exact) mass is 677 g/mol. The fourth-order valence-electron chi connectivity index (χ4n) is 6.62. The molecule has 4 aromatic carbocycles. The summed E-state index contributed by atoms with van der Waals surface area (Å²) < 4.78 is 18.3. The lowest BCUT2D eigenvalue weighted by molar-refractivity contribution is -0.253. The first-order valence-corrected chi connectivity index (χ1v) is 17.5. The SMILES string of the molecule is CC(=O)OC(C)C(=O)NCc1cccc(-c2ccc(C3OC(CN4CCN(Cc5ccccc5)CC4)CC(c4ccc(CO)cc4)O3)cc2)c1. The molecule has 4 atom stereocenters. The second kappa shape index (κ2) is 17.0. The van der Waals surface area contributed by atoms with Crippen LogP contribution in [0.25, 0.3) is 11.1 Å². The maximum absolute atomic E-state index is 12.3. The van der Waals surface area contributed by atoms with Crippen molar-refractivity contribution < 1.29 is 28.9 Å². The van der Waals surface area contributed by atoms with E-state index >= 15 is 0 Å². The minimum absolute atomic E-state index is 0.00734. The molecule has 2 aliphatic rings. The molecule has 6 rings (SSSR count). The predicted octanol–water partition coefficient (Wildman–Crippen LogP) is 5.78. The molecule has 0 saturated carbocycles. The summed E-state index contributed by atoms with van der Waals surface area (Å²) in [6.07, 6.45) is -0.763. The molecule has 9 nitrogen and oxygen atoms in total. The van der Waals surface area contributed by atoms with E-state index in [9.17, 15) is 14.7 Å². The molecule has 2 aliphatic heterocycles. The van der Waals surface area contributed by atoms with Gasteiger partial charge < -0.3 is 24.6 Å². The van der Waals surface area contributed by atoms with Crippen LogP contribution in [0, 0.1) is 0 Å². The van der Waals surface area contributed by atoms with Crippen molar-refractivity contribution in [3.8, 4) is 11.1 Å². The van der Waals surface area contributed by atoms with Gasteiger partial charge in [0, 0.05) is 64.7 Å². The highest BCUT2D eigenvalue weighted by Crippen LogP contribution is 2.39. The lowest BCUT2D eigenvalue weighted by Crippen LogP contribution is -2.49. The Morgan fingerprint density at radius 2 is 1.48 bits per heavy atom. The molecule has 0 aromatic heterocycles. The van der Waals surface area contributed by atoms with Gasteiger partial charge in [0.05, 0.1) is 18.8 Å². The first-order chi connectivity index (χ1) is 24.3. The van der Waals surface area contributed by atoms with E-state index < -0.39 is 18.4 Å². The van der Waals surface area contributed by atoms with Crippen LogP contribution in [-0.2, 0) is 43.5 Å². The Hall–Kier alpha value is -4.38. The zero-order valence-corrected chi connectivity index (χ0v) is 28.9. The van der Waals surface area contributed by atoms with Gasteiger partial charge in [0.1, 0.15) is 0 Å². The number of hydrogen-bond donors (Lipinski definition) is 2. The summed E-state index contributed by atoms with van der Waals surface area (Å²) in [7, 11) is 0. The summed E-state index contributed by atoms with van der Waals surface area (Å²) in [5.41, 5.74) is 7.25. The van der Waals surface area contributed by atoms with Crippen LogP contribution >= 0.6 is 0 Å². The molecule has 0 aliphatic carbocycles.